The van der Waals surface area contributed by atoms with Crippen LogP contribution in [0.5, 0.6) is 11.5 Å². The van der Waals surface area contributed by atoms with Crippen molar-refractivity contribution in [1.82, 2.24) is 0 Å². The average molecular weight is 437 g/mol. The lowest BCUT2D eigenvalue weighted by Gasteiger charge is -2.16. The lowest BCUT2D eigenvalue weighted by molar-refractivity contribution is 0.276. The molecule has 1 unspecified atom stereocenters. The SMILES string of the molecule is COc1ccc(-c2cccc(OCCC(C)CCCC(C)C)c2)c(CCl)c1CCl. The molecular formula is C25H34Cl2O2. The molecule has 0 aromatic heterocycles. The number of rotatable bonds is 12. The van der Waals surface area contributed by atoms with Gasteiger partial charge in [-0.2, -0.15) is 0 Å². The van der Waals surface area contributed by atoms with Crippen molar-refractivity contribution in [3.8, 4) is 22.6 Å². The Labute approximate surface area is 186 Å². The Morgan fingerprint density at radius 2 is 1.66 bits per heavy atom. The summed E-state index contributed by atoms with van der Waals surface area (Å²) in [6.07, 6.45) is 4.96. The van der Waals surface area contributed by atoms with Crippen molar-refractivity contribution in [1.29, 1.82) is 0 Å². The van der Waals surface area contributed by atoms with Gasteiger partial charge in [0.1, 0.15) is 11.5 Å². The van der Waals surface area contributed by atoms with E-state index in [1.54, 1.807) is 7.11 Å². The third-order valence-electron chi connectivity index (χ3n) is 5.38. The maximum absolute atomic E-state index is 6.27. The number of alkyl halides is 2. The molecule has 0 radical (unpaired) electrons. The van der Waals surface area contributed by atoms with E-state index in [1.807, 2.05) is 24.3 Å². The number of hydrogen-bond acceptors (Lipinski definition) is 2. The van der Waals surface area contributed by atoms with Gasteiger partial charge in [-0.15, -0.1) is 23.2 Å². The van der Waals surface area contributed by atoms with Crippen LogP contribution in [0.2, 0.25) is 0 Å². The summed E-state index contributed by atoms with van der Waals surface area (Å²) in [6, 6.07) is 12.2. The largest absolute Gasteiger partial charge is 0.496 e. The van der Waals surface area contributed by atoms with Gasteiger partial charge in [0, 0.05) is 11.4 Å². The minimum atomic E-state index is 0.365. The maximum Gasteiger partial charge on any atom is 0.123 e. The smallest absolute Gasteiger partial charge is 0.123 e. The van der Waals surface area contributed by atoms with E-state index in [0.717, 1.165) is 52.7 Å². The zero-order chi connectivity index (χ0) is 21.2. The van der Waals surface area contributed by atoms with Crippen molar-refractivity contribution in [3.63, 3.8) is 0 Å². The number of halogens is 2. The van der Waals surface area contributed by atoms with Gasteiger partial charge in [0.25, 0.3) is 0 Å². The normalized spacial score (nSPS) is 12.2. The second-order valence-electron chi connectivity index (χ2n) is 8.13. The molecule has 0 saturated carbocycles. The van der Waals surface area contributed by atoms with Crippen molar-refractivity contribution >= 4 is 23.2 Å². The van der Waals surface area contributed by atoms with Crippen LogP contribution >= 0.6 is 23.2 Å². The van der Waals surface area contributed by atoms with Crippen LogP contribution in [0.25, 0.3) is 11.1 Å². The molecule has 2 nitrogen and oxygen atoms in total. The second-order valence-corrected chi connectivity index (χ2v) is 8.67. The van der Waals surface area contributed by atoms with E-state index < -0.39 is 0 Å². The first-order valence-electron chi connectivity index (χ1n) is 10.5. The number of hydrogen-bond donors (Lipinski definition) is 0. The predicted molar refractivity (Wildman–Crippen MR) is 126 cm³/mol. The molecule has 0 aliphatic rings. The molecular weight excluding hydrogens is 403 g/mol. The maximum atomic E-state index is 6.27. The van der Waals surface area contributed by atoms with Crippen LogP contribution in [0.4, 0.5) is 0 Å². The molecule has 0 amide bonds. The Hall–Kier alpha value is -1.38. The molecule has 0 saturated heterocycles. The second kappa shape index (κ2) is 12.3. The van der Waals surface area contributed by atoms with E-state index in [4.69, 9.17) is 32.7 Å². The quantitative estimate of drug-likeness (QED) is 0.313. The van der Waals surface area contributed by atoms with Gasteiger partial charge in [-0.3, -0.25) is 0 Å². The fraction of sp³-hybridized carbons (Fsp3) is 0.520. The highest BCUT2D eigenvalue weighted by atomic mass is 35.5. The van der Waals surface area contributed by atoms with Gasteiger partial charge < -0.3 is 9.47 Å². The molecule has 1 atom stereocenters. The van der Waals surface area contributed by atoms with Gasteiger partial charge in [0.15, 0.2) is 0 Å². The monoisotopic (exact) mass is 436 g/mol. The van der Waals surface area contributed by atoms with E-state index in [1.165, 1.54) is 19.3 Å². The minimum absolute atomic E-state index is 0.365. The van der Waals surface area contributed by atoms with E-state index in [-0.39, 0.29) is 0 Å². The lowest BCUT2D eigenvalue weighted by atomic mass is 9.96. The lowest BCUT2D eigenvalue weighted by Crippen LogP contribution is -2.05. The molecule has 0 aliphatic carbocycles. The standard InChI is InChI=1S/C25H34Cl2O2/c1-18(2)7-5-8-19(3)13-14-29-21-10-6-9-20(15-21)22-11-12-25(28-4)24(17-27)23(22)16-26/h6,9-12,15,18-19H,5,7-8,13-14,16-17H2,1-4H3. The van der Waals surface area contributed by atoms with Gasteiger partial charge in [0.2, 0.25) is 0 Å². The third-order valence-corrected chi connectivity index (χ3v) is 5.91. The molecule has 29 heavy (non-hydrogen) atoms. The minimum Gasteiger partial charge on any atom is -0.496 e. The van der Waals surface area contributed by atoms with Gasteiger partial charge in [-0.25, -0.2) is 0 Å². The Morgan fingerprint density at radius 1 is 0.897 bits per heavy atom. The highest BCUT2D eigenvalue weighted by Crippen LogP contribution is 2.35. The summed E-state index contributed by atoms with van der Waals surface area (Å²) in [6.45, 7) is 7.63. The van der Waals surface area contributed by atoms with Crippen molar-refractivity contribution in [3.05, 3.63) is 47.5 Å². The molecule has 2 rings (SSSR count). The van der Waals surface area contributed by atoms with Crippen LogP contribution in [0.1, 0.15) is 57.6 Å². The molecule has 0 spiro atoms. The van der Waals surface area contributed by atoms with E-state index >= 15 is 0 Å². The van der Waals surface area contributed by atoms with Gasteiger partial charge in [-0.05, 0) is 53.1 Å². The highest BCUT2D eigenvalue weighted by molar-refractivity contribution is 6.19. The van der Waals surface area contributed by atoms with Crippen molar-refractivity contribution < 1.29 is 9.47 Å². The van der Waals surface area contributed by atoms with Gasteiger partial charge in [0.05, 0.1) is 19.6 Å². The summed E-state index contributed by atoms with van der Waals surface area (Å²) in [7, 11) is 1.65. The van der Waals surface area contributed by atoms with Crippen molar-refractivity contribution in [2.24, 2.45) is 11.8 Å². The van der Waals surface area contributed by atoms with Crippen LogP contribution in [0.3, 0.4) is 0 Å². The van der Waals surface area contributed by atoms with Crippen LogP contribution in [-0.4, -0.2) is 13.7 Å². The summed E-state index contributed by atoms with van der Waals surface area (Å²) >= 11 is 12.4. The van der Waals surface area contributed by atoms with Crippen LogP contribution in [0.15, 0.2) is 36.4 Å². The zero-order valence-electron chi connectivity index (χ0n) is 18.1. The van der Waals surface area contributed by atoms with E-state index in [0.29, 0.717) is 17.7 Å². The highest BCUT2D eigenvalue weighted by Gasteiger charge is 2.14. The summed E-state index contributed by atoms with van der Waals surface area (Å²) in [5.41, 5.74) is 4.11. The zero-order valence-corrected chi connectivity index (χ0v) is 19.7. The molecule has 4 heteroatoms. The van der Waals surface area contributed by atoms with E-state index in [9.17, 15) is 0 Å². The van der Waals surface area contributed by atoms with E-state index in [2.05, 4.69) is 32.9 Å². The molecule has 2 aromatic carbocycles. The van der Waals surface area contributed by atoms with Gasteiger partial charge >= 0.3 is 0 Å². The van der Waals surface area contributed by atoms with Gasteiger partial charge in [-0.1, -0.05) is 58.2 Å². The molecule has 0 aliphatic heterocycles. The molecule has 0 heterocycles. The first kappa shape index (κ1) is 23.9. The molecule has 0 bridgehead atoms. The van der Waals surface area contributed by atoms with Crippen LogP contribution in [-0.2, 0) is 11.8 Å². The fourth-order valence-corrected chi connectivity index (χ4v) is 4.18. The number of ether oxygens (including phenoxy) is 2. The molecule has 0 N–H and O–H groups in total. The van der Waals surface area contributed by atoms with Crippen LogP contribution < -0.4 is 9.47 Å². The number of methoxy groups -OCH3 is 1. The fourth-order valence-electron chi connectivity index (χ4n) is 3.58. The molecule has 2 aromatic rings. The average Bonchev–Trinajstić information content (AvgIpc) is 2.72. The summed E-state index contributed by atoms with van der Waals surface area (Å²) in [5.74, 6) is 3.89. The molecule has 160 valence electrons. The summed E-state index contributed by atoms with van der Waals surface area (Å²) < 4.78 is 11.5. The Bertz CT molecular complexity index is 758. The van der Waals surface area contributed by atoms with Crippen LogP contribution in [0, 0.1) is 11.8 Å². The molecule has 0 fully saturated rings. The first-order valence-corrected chi connectivity index (χ1v) is 11.6. The Balaban J connectivity index is 2.05. The van der Waals surface area contributed by atoms with Crippen molar-refractivity contribution in [2.75, 3.05) is 13.7 Å². The topological polar surface area (TPSA) is 18.5 Å². The Morgan fingerprint density at radius 3 is 2.31 bits per heavy atom. The summed E-state index contributed by atoms with van der Waals surface area (Å²) in [4.78, 5) is 0. The Kier molecular flexibility index (Phi) is 10.2. The third kappa shape index (κ3) is 7.12. The predicted octanol–water partition coefficient (Wildman–Crippen LogP) is 8.07. The van der Waals surface area contributed by atoms with Crippen molar-refractivity contribution in [2.45, 2.75) is 58.2 Å². The number of benzene rings is 2. The summed E-state index contributed by atoms with van der Waals surface area (Å²) in [5, 5.41) is 0. The first-order chi connectivity index (χ1) is 14.0.